The highest BCUT2D eigenvalue weighted by Crippen LogP contribution is 2.28. The first-order valence-electron chi connectivity index (χ1n) is 8.79. The second-order valence-electron chi connectivity index (χ2n) is 6.59. The van der Waals surface area contributed by atoms with Gasteiger partial charge in [-0.1, -0.05) is 45.4 Å². The highest BCUT2D eigenvalue weighted by Gasteiger charge is 2.37. The molecule has 1 unspecified atom stereocenters. The lowest BCUT2D eigenvalue weighted by atomic mass is 9.94. The molecule has 0 radical (unpaired) electrons. The molecule has 2 aliphatic rings. The monoisotopic (exact) mass is 294 g/mol. The SMILES string of the molecule is CCCCCCNC(=O)C1CC(=O)N(C2CCCCC2)C1. The average molecular weight is 294 g/mol. The van der Waals surface area contributed by atoms with Crippen molar-refractivity contribution in [2.24, 2.45) is 5.92 Å². The number of hydrogen-bond acceptors (Lipinski definition) is 2. The lowest BCUT2D eigenvalue weighted by Crippen LogP contribution is -2.39. The van der Waals surface area contributed by atoms with Crippen LogP contribution in [0.5, 0.6) is 0 Å². The van der Waals surface area contributed by atoms with Gasteiger partial charge < -0.3 is 10.2 Å². The maximum atomic E-state index is 12.2. The molecule has 0 bridgehead atoms. The fraction of sp³-hybridized carbons (Fsp3) is 0.882. The van der Waals surface area contributed by atoms with Crippen LogP contribution in [-0.4, -0.2) is 35.8 Å². The molecule has 4 heteroatoms. The molecule has 4 nitrogen and oxygen atoms in total. The van der Waals surface area contributed by atoms with E-state index in [-0.39, 0.29) is 17.7 Å². The van der Waals surface area contributed by atoms with E-state index in [1.807, 2.05) is 4.90 Å². The molecule has 1 N–H and O–H groups in total. The molecule has 21 heavy (non-hydrogen) atoms. The lowest BCUT2D eigenvalue weighted by Gasteiger charge is -2.31. The molecule has 1 heterocycles. The molecule has 2 rings (SSSR count). The van der Waals surface area contributed by atoms with Crippen molar-refractivity contribution < 1.29 is 9.59 Å². The molecular formula is C17H30N2O2. The molecule has 1 saturated carbocycles. The zero-order valence-corrected chi connectivity index (χ0v) is 13.4. The van der Waals surface area contributed by atoms with Gasteiger partial charge in [0.25, 0.3) is 0 Å². The second-order valence-corrected chi connectivity index (χ2v) is 6.59. The predicted molar refractivity (Wildman–Crippen MR) is 83.8 cm³/mol. The molecule has 0 aromatic carbocycles. The topological polar surface area (TPSA) is 49.4 Å². The Morgan fingerprint density at radius 2 is 1.95 bits per heavy atom. The third-order valence-corrected chi connectivity index (χ3v) is 4.87. The predicted octanol–water partition coefficient (Wildman–Crippen LogP) is 2.86. The van der Waals surface area contributed by atoms with Gasteiger partial charge >= 0.3 is 0 Å². The fourth-order valence-corrected chi connectivity index (χ4v) is 3.56. The van der Waals surface area contributed by atoms with Gasteiger partial charge in [0, 0.05) is 25.6 Å². The van der Waals surface area contributed by atoms with E-state index < -0.39 is 0 Å². The van der Waals surface area contributed by atoms with Crippen molar-refractivity contribution in [3.8, 4) is 0 Å². The van der Waals surface area contributed by atoms with Gasteiger partial charge in [0.2, 0.25) is 11.8 Å². The zero-order chi connectivity index (χ0) is 15.1. The first kappa shape index (κ1) is 16.3. The van der Waals surface area contributed by atoms with Gasteiger partial charge in [-0.25, -0.2) is 0 Å². The lowest BCUT2D eigenvalue weighted by molar-refractivity contribution is -0.130. The van der Waals surface area contributed by atoms with Crippen LogP contribution in [-0.2, 0) is 9.59 Å². The maximum absolute atomic E-state index is 12.2. The number of likely N-dealkylation sites (tertiary alicyclic amines) is 1. The Morgan fingerprint density at radius 3 is 2.67 bits per heavy atom. The number of rotatable bonds is 7. The molecule has 2 fully saturated rings. The minimum atomic E-state index is -0.120. The average Bonchev–Trinajstić information content (AvgIpc) is 2.90. The summed E-state index contributed by atoms with van der Waals surface area (Å²) in [6, 6.07) is 0.397. The van der Waals surface area contributed by atoms with E-state index in [1.54, 1.807) is 0 Å². The molecule has 1 aliphatic heterocycles. The first-order valence-corrected chi connectivity index (χ1v) is 8.79. The van der Waals surface area contributed by atoms with E-state index in [0.717, 1.165) is 25.8 Å². The van der Waals surface area contributed by atoms with Gasteiger partial charge in [-0.15, -0.1) is 0 Å². The molecule has 0 spiro atoms. The van der Waals surface area contributed by atoms with E-state index in [2.05, 4.69) is 12.2 Å². The third kappa shape index (κ3) is 4.72. The summed E-state index contributed by atoms with van der Waals surface area (Å²) in [5.74, 6) is 0.150. The summed E-state index contributed by atoms with van der Waals surface area (Å²) in [5.41, 5.74) is 0. The summed E-state index contributed by atoms with van der Waals surface area (Å²) in [7, 11) is 0. The van der Waals surface area contributed by atoms with E-state index >= 15 is 0 Å². The van der Waals surface area contributed by atoms with Gasteiger partial charge in [-0.3, -0.25) is 9.59 Å². The van der Waals surface area contributed by atoms with Crippen LogP contribution >= 0.6 is 0 Å². The third-order valence-electron chi connectivity index (χ3n) is 4.87. The highest BCUT2D eigenvalue weighted by molar-refractivity contribution is 5.89. The zero-order valence-electron chi connectivity index (χ0n) is 13.4. The molecular weight excluding hydrogens is 264 g/mol. The Bertz CT molecular complexity index is 351. The van der Waals surface area contributed by atoms with Crippen molar-refractivity contribution in [2.75, 3.05) is 13.1 Å². The van der Waals surface area contributed by atoms with Crippen molar-refractivity contribution in [1.29, 1.82) is 0 Å². The van der Waals surface area contributed by atoms with Crippen LogP contribution in [0.4, 0.5) is 0 Å². The first-order chi connectivity index (χ1) is 10.2. The number of carbonyl (C=O) groups excluding carboxylic acids is 2. The Morgan fingerprint density at radius 1 is 1.19 bits per heavy atom. The highest BCUT2D eigenvalue weighted by atomic mass is 16.2. The van der Waals surface area contributed by atoms with E-state index in [1.165, 1.54) is 38.5 Å². The van der Waals surface area contributed by atoms with Gasteiger partial charge in [0.05, 0.1) is 5.92 Å². The van der Waals surface area contributed by atoms with Crippen molar-refractivity contribution >= 4 is 11.8 Å². The summed E-state index contributed by atoms with van der Waals surface area (Å²) in [5, 5.41) is 3.01. The van der Waals surface area contributed by atoms with Gasteiger partial charge in [0.15, 0.2) is 0 Å². The largest absolute Gasteiger partial charge is 0.356 e. The summed E-state index contributed by atoms with van der Waals surface area (Å²) in [4.78, 5) is 26.3. The molecule has 1 saturated heterocycles. The normalized spacial score (nSPS) is 23.6. The van der Waals surface area contributed by atoms with E-state index in [4.69, 9.17) is 0 Å². The van der Waals surface area contributed by atoms with Crippen LogP contribution in [0.2, 0.25) is 0 Å². The van der Waals surface area contributed by atoms with Crippen LogP contribution in [0.3, 0.4) is 0 Å². The van der Waals surface area contributed by atoms with Gasteiger partial charge in [-0.2, -0.15) is 0 Å². The number of nitrogens with one attached hydrogen (secondary N) is 1. The summed E-state index contributed by atoms with van der Waals surface area (Å²) in [6.45, 7) is 3.58. The molecule has 0 aromatic heterocycles. The molecule has 1 atom stereocenters. The summed E-state index contributed by atoms with van der Waals surface area (Å²) in [6.07, 6.45) is 11.1. The Kier molecular flexibility index (Phi) is 6.52. The van der Waals surface area contributed by atoms with Crippen LogP contribution in [0.15, 0.2) is 0 Å². The minimum Gasteiger partial charge on any atom is -0.356 e. The number of amides is 2. The second kappa shape index (κ2) is 8.40. The maximum Gasteiger partial charge on any atom is 0.225 e. The Labute approximate surface area is 128 Å². The van der Waals surface area contributed by atoms with Crippen molar-refractivity contribution in [2.45, 2.75) is 77.2 Å². The van der Waals surface area contributed by atoms with E-state index in [9.17, 15) is 9.59 Å². The molecule has 0 aromatic rings. The molecule has 1 aliphatic carbocycles. The Balaban J connectivity index is 1.72. The molecule has 2 amide bonds. The number of hydrogen-bond donors (Lipinski definition) is 1. The number of carbonyl (C=O) groups is 2. The summed E-state index contributed by atoms with van der Waals surface area (Å²) >= 11 is 0. The van der Waals surface area contributed by atoms with Crippen molar-refractivity contribution in [1.82, 2.24) is 10.2 Å². The van der Waals surface area contributed by atoms with Crippen LogP contribution < -0.4 is 5.32 Å². The number of nitrogens with zero attached hydrogens (tertiary/aromatic N) is 1. The van der Waals surface area contributed by atoms with E-state index in [0.29, 0.717) is 19.0 Å². The quantitative estimate of drug-likeness (QED) is 0.734. The molecule has 120 valence electrons. The van der Waals surface area contributed by atoms with Gasteiger partial charge in [0.1, 0.15) is 0 Å². The number of unbranched alkanes of at least 4 members (excludes halogenated alkanes) is 3. The van der Waals surface area contributed by atoms with Gasteiger partial charge in [-0.05, 0) is 19.3 Å². The fourth-order valence-electron chi connectivity index (χ4n) is 3.56. The van der Waals surface area contributed by atoms with Crippen LogP contribution in [0.25, 0.3) is 0 Å². The smallest absolute Gasteiger partial charge is 0.225 e. The van der Waals surface area contributed by atoms with Crippen molar-refractivity contribution in [3.63, 3.8) is 0 Å². The minimum absolute atomic E-state index is 0.0816. The summed E-state index contributed by atoms with van der Waals surface area (Å²) < 4.78 is 0. The Hall–Kier alpha value is -1.06. The van der Waals surface area contributed by atoms with Crippen LogP contribution in [0.1, 0.15) is 71.1 Å². The standard InChI is InChI=1S/C17H30N2O2/c1-2-3-4-8-11-18-17(21)14-12-16(20)19(13-14)15-9-6-5-7-10-15/h14-15H,2-13H2,1H3,(H,18,21). The van der Waals surface area contributed by atoms with Crippen LogP contribution in [0, 0.1) is 5.92 Å². The van der Waals surface area contributed by atoms with Crippen molar-refractivity contribution in [3.05, 3.63) is 0 Å².